The van der Waals surface area contributed by atoms with E-state index in [1.165, 1.54) is 0 Å². The molecule has 0 aliphatic heterocycles. The average molecular weight is 330 g/mol. The van der Waals surface area contributed by atoms with Crippen LogP contribution < -0.4 is 5.32 Å². The van der Waals surface area contributed by atoms with Crippen LogP contribution in [0.25, 0.3) is 11.3 Å². The molecule has 2 aromatic heterocycles. The lowest BCUT2D eigenvalue weighted by atomic mass is 10.1. The first-order valence-electron chi connectivity index (χ1n) is 7.11. The molecule has 1 amide bonds. The van der Waals surface area contributed by atoms with Crippen LogP contribution in [0.15, 0.2) is 36.5 Å². The van der Waals surface area contributed by atoms with E-state index in [2.05, 4.69) is 20.6 Å². The van der Waals surface area contributed by atoms with Gasteiger partial charge in [-0.15, -0.1) is 0 Å². The average Bonchev–Trinajstić information content (AvgIpc) is 3.15. The number of hydrogen-bond donors (Lipinski definition) is 2. The lowest BCUT2D eigenvalue weighted by Gasteiger charge is -2.03. The fourth-order valence-electron chi connectivity index (χ4n) is 2.20. The zero-order valence-electron chi connectivity index (χ0n) is 12.8. The Morgan fingerprint density at radius 1 is 1.35 bits per heavy atom. The molecule has 3 aromatic rings. The number of amides is 1. The van der Waals surface area contributed by atoms with E-state index in [4.69, 9.17) is 11.6 Å². The molecule has 0 bridgehead atoms. The van der Waals surface area contributed by atoms with Gasteiger partial charge in [-0.2, -0.15) is 10.2 Å². The van der Waals surface area contributed by atoms with E-state index in [9.17, 15) is 4.79 Å². The number of carbonyl (C=O) groups excluding carboxylic acids is 1. The maximum absolute atomic E-state index is 12.2. The first kappa shape index (κ1) is 15.3. The molecule has 3 rings (SSSR count). The fourth-order valence-corrected chi connectivity index (χ4v) is 2.32. The van der Waals surface area contributed by atoms with Crippen molar-refractivity contribution in [3.63, 3.8) is 0 Å². The van der Waals surface area contributed by atoms with Crippen molar-refractivity contribution >= 4 is 17.5 Å². The Morgan fingerprint density at radius 3 is 2.74 bits per heavy atom. The number of aryl methyl sites for hydroxylation is 1. The van der Waals surface area contributed by atoms with Gasteiger partial charge in [0, 0.05) is 35.4 Å². The van der Waals surface area contributed by atoms with E-state index in [1.807, 2.05) is 26.1 Å². The maximum Gasteiger partial charge on any atom is 0.269 e. The molecule has 0 unspecified atom stereocenters. The lowest BCUT2D eigenvalue weighted by molar-refractivity contribution is 0.0946. The number of rotatable bonds is 4. The molecular weight excluding hydrogens is 314 g/mol. The van der Waals surface area contributed by atoms with Gasteiger partial charge in [0.05, 0.1) is 11.9 Å². The third-order valence-corrected chi connectivity index (χ3v) is 3.99. The van der Waals surface area contributed by atoms with Gasteiger partial charge >= 0.3 is 0 Å². The monoisotopic (exact) mass is 329 g/mol. The summed E-state index contributed by atoms with van der Waals surface area (Å²) in [5.74, 6) is -0.207. The normalized spacial score (nSPS) is 10.7. The zero-order valence-corrected chi connectivity index (χ0v) is 13.6. The van der Waals surface area contributed by atoms with E-state index >= 15 is 0 Å². The van der Waals surface area contributed by atoms with Crippen molar-refractivity contribution < 1.29 is 4.79 Å². The number of aromatic amines is 1. The number of benzene rings is 1. The second kappa shape index (κ2) is 6.26. The molecule has 0 fully saturated rings. The smallest absolute Gasteiger partial charge is 0.269 e. The van der Waals surface area contributed by atoms with Crippen molar-refractivity contribution in [2.24, 2.45) is 7.05 Å². The minimum Gasteiger partial charge on any atom is -0.347 e. The van der Waals surface area contributed by atoms with Crippen LogP contribution in [-0.4, -0.2) is 25.9 Å². The first-order chi connectivity index (χ1) is 11.0. The van der Waals surface area contributed by atoms with Gasteiger partial charge in [-0.1, -0.05) is 23.7 Å². The third kappa shape index (κ3) is 3.27. The molecule has 0 aliphatic carbocycles. The van der Waals surface area contributed by atoms with Gasteiger partial charge in [0.1, 0.15) is 5.69 Å². The Bertz CT molecular complexity index is 835. The second-order valence-electron chi connectivity index (χ2n) is 5.24. The van der Waals surface area contributed by atoms with Crippen molar-refractivity contribution in [1.82, 2.24) is 25.3 Å². The highest BCUT2D eigenvalue weighted by atomic mass is 35.5. The van der Waals surface area contributed by atoms with E-state index in [0.717, 1.165) is 16.8 Å². The van der Waals surface area contributed by atoms with Crippen LogP contribution in [-0.2, 0) is 13.6 Å². The number of aromatic nitrogens is 4. The molecule has 7 heteroatoms. The summed E-state index contributed by atoms with van der Waals surface area (Å²) in [7, 11) is 1.87. The second-order valence-corrected chi connectivity index (χ2v) is 5.67. The van der Waals surface area contributed by atoms with Gasteiger partial charge in [0.2, 0.25) is 0 Å². The summed E-state index contributed by atoms with van der Waals surface area (Å²) in [4.78, 5) is 12.2. The molecule has 0 radical (unpaired) electrons. The van der Waals surface area contributed by atoms with E-state index in [1.54, 1.807) is 29.1 Å². The number of nitrogens with one attached hydrogen (secondary N) is 2. The summed E-state index contributed by atoms with van der Waals surface area (Å²) in [5, 5.41) is 14.6. The molecule has 0 atom stereocenters. The Labute approximate surface area is 138 Å². The molecule has 118 valence electrons. The number of halogens is 1. The quantitative estimate of drug-likeness (QED) is 0.772. The molecule has 2 heterocycles. The molecule has 0 spiro atoms. The fraction of sp³-hybridized carbons (Fsp3) is 0.188. The van der Waals surface area contributed by atoms with Gasteiger partial charge in [-0.25, -0.2) is 0 Å². The highest BCUT2D eigenvalue weighted by Gasteiger charge is 2.12. The Hall–Kier alpha value is -2.60. The maximum atomic E-state index is 12.2. The molecule has 0 aliphatic rings. The predicted octanol–water partition coefficient (Wildman–Crippen LogP) is 2.70. The minimum absolute atomic E-state index is 0.207. The summed E-state index contributed by atoms with van der Waals surface area (Å²) in [6.45, 7) is 2.39. The third-order valence-electron chi connectivity index (χ3n) is 3.74. The SMILES string of the molecule is Cc1c(CNC(=O)c2cc(-c3ccc(Cl)cc3)n[nH]2)cnn1C. The van der Waals surface area contributed by atoms with Crippen molar-refractivity contribution in [1.29, 1.82) is 0 Å². The van der Waals surface area contributed by atoms with Gasteiger partial charge < -0.3 is 5.32 Å². The molecule has 0 saturated heterocycles. The molecular formula is C16H16ClN5O. The first-order valence-corrected chi connectivity index (χ1v) is 7.49. The summed E-state index contributed by atoms with van der Waals surface area (Å²) >= 11 is 5.87. The van der Waals surface area contributed by atoms with Gasteiger partial charge in [-0.05, 0) is 25.1 Å². The largest absolute Gasteiger partial charge is 0.347 e. The van der Waals surface area contributed by atoms with Crippen LogP contribution in [0.2, 0.25) is 5.02 Å². The standard InChI is InChI=1S/C16H16ClN5O/c1-10-12(9-19-22(10)2)8-18-16(23)15-7-14(20-21-15)11-3-5-13(17)6-4-11/h3-7,9H,8H2,1-2H3,(H,18,23)(H,20,21). The van der Waals surface area contributed by atoms with Crippen LogP contribution in [0.3, 0.4) is 0 Å². The highest BCUT2D eigenvalue weighted by Crippen LogP contribution is 2.20. The van der Waals surface area contributed by atoms with Crippen molar-refractivity contribution in [2.45, 2.75) is 13.5 Å². The lowest BCUT2D eigenvalue weighted by Crippen LogP contribution is -2.23. The van der Waals surface area contributed by atoms with E-state index in [0.29, 0.717) is 23.0 Å². The van der Waals surface area contributed by atoms with Crippen LogP contribution in [0.4, 0.5) is 0 Å². The minimum atomic E-state index is -0.207. The summed E-state index contributed by atoms with van der Waals surface area (Å²) in [5.41, 5.74) is 4.02. The van der Waals surface area contributed by atoms with E-state index < -0.39 is 0 Å². The van der Waals surface area contributed by atoms with Crippen molar-refractivity contribution in [3.8, 4) is 11.3 Å². The molecule has 1 aromatic carbocycles. The Kier molecular flexibility index (Phi) is 4.16. The zero-order chi connectivity index (χ0) is 16.4. The molecule has 0 saturated carbocycles. The van der Waals surface area contributed by atoms with Crippen molar-refractivity contribution in [3.05, 3.63) is 58.5 Å². The Morgan fingerprint density at radius 2 is 2.09 bits per heavy atom. The van der Waals surface area contributed by atoms with Crippen LogP contribution in [0, 0.1) is 6.92 Å². The number of H-pyrrole nitrogens is 1. The van der Waals surface area contributed by atoms with Crippen molar-refractivity contribution in [2.75, 3.05) is 0 Å². The topological polar surface area (TPSA) is 75.6 Å². The van der Waals surface area contributed by atoms with E-state index in [-0.39, 0.29) is 5.91 Å². The van der Waals surface area contributed by atoms with Crippen LogP contribution in [0.1, 0.15) is 21.7 Å². The number of hydrogen-bond acceptors (Lipinski definition) is 3. The number of nitrogens with zero attached hydrogens (tertiary/aromatic N) is 3. The molecule has 6 nitrogen and oxygen atoms in total. The molecule has 23 heavy (non-hydrogen) atoms. The van der Waals surface area contributed by atoms with Gasteiger partial charge in [0.25, 0.3) is 5.91 Å². The molecule has 2 N–H and O–H groups in total. The summed E-state index contributed by atoms with van der Waals surface area (Å²) in [6.07, 6.45) is 1.75. The van der Waals surface area contributed by atoms with Gasteiger partial charge in [0.15, 0.2) is 0 Å². The highest BCUT2D eigenvalue weighted by molar-refractivity contribution is 6.30. The summed E-state index contributed by atoms with van der Waals surface area (Å²) < 4.78 is 1.77. The van der Waals surface area contributed by atoms with Gasteiger partial charge in [-0.3, -0.25) is 14.6 Å². The predicted molar refractivity (Wildman–Crippen MR) is 88.1 cm³/mol. The number of carbonyl (C=O) groups is 1. The Balaban J connectivity index is 1.69. The van der Waals surface area contributed by atoms with Crippen LogP contribution in [0.5, 0.6) is 0 Å². The summed E-state index contributed by atoms with van der Waals surface area (Å²) in [6, 6.07) is 9.01. The van der Waals surface area contributed by atoms with Crippen LogP contribution >= 0.6 is 11.6 Å².